The second-order valence-electron chi connectivity index (χ2n) is 10.5. The summed E-state index contributed by atoms with van der Waals surface area (Å²) in [5.74, 6) is 1.37. The van der Waals surface area contributed by atoms with E-state index in [0.717, 1.165) is 72.3 Å². The number of anilines is 1. The number of benzene rings is 1. The van der Waals surface area contributed by atoms with E-state index in [0.29, 0.717) is 18.6 Å². The van der Waals surface area contributed by atoms with Crippen molar-refractivity contribution in [3.05, 3.63) is 35.8 Å². The molecule has 40 heavy (non-hydrogen) atoms. The summed E-state index contributed by atoms with van der Waals surface area (Å²) in [6.07, 6.45) is 24.9. The van der Waals surface area contributed by atoms with E-state index in [2.05, 4.69) is 45.1 Å². The minimum absolute atomic E-state index is 0.367. The van der Waals surface area contributed by atoms with Crippen LogP contribution in [0.5, 0.6) is 0 Å². The molecule has 2 aliphatic rings. The number of aromatic nitrogens is 2. The van der Waals surface area contributed by atoms with Crippen molar-refractivity contribution in [3.63, 3.8) is 0 Å². The Hall–Kier alpha value is -3.44. The lowest BCUT2D eigenvalue weighted by atomic mass is 9.94. The zero-order valence-electron chi connectivity index (χ0n) is 25.0. The first kappa shape index (κ1) is 34.6. The summed E-state index contributed by atoms with van der Waals surface area (Å²) in [4.78, 5) is 34.7. The highest BCUT2D eigenvalue weighted by molar-refractivity contribution is 5.89. The molecule has 1 aromatic carbocycles. The van der Waals surface area contributed by atoms with Crippen LogP contribution in [0.4, 0.5) is 5.69 Å². The fourth-order valence-electron chi connectivity index (χ4n) is 4.54. The van der Waals surface area contributed by atoms with Gasteiger partial charge in [-0.25, -0.2) is 4.98 Å². The molecule has 0 atom stereocenters. The van der Waals surface area contributed by atoms with Crippen molar-refractivity contribution < 1.29 is 9.59 Å². The number of aryl methyl sites for hydroxylation is 1. The number of imidazole rings is 1. The number of nitrogens with zero attached hydrogens (tertiary/aromatic N) is 3. The van der Waals surface area contributed by atoms with Crippen LogP contribution in [0.3, 0.4) is 0 Å². The van der Waals surface area contributed by atoms with Gasteiger partial charge in [-0.05, 0) is 76.2 Å². The highest BCUT2D eigenvalue weighted by Gasteiger charge is 2.43. The van der Waals surface area contributed by atoms with E-state index in [1.54, 1.807) is 20.3 Å². The molecular formula is C32H50N6O2. The number of terminal acetylenes is 1. The number of aromatic amines is 1. The van der Waals surface area contributed by atoms with Crippen LogP contribution in [0, 0.1) is 18.3 Å². The quantitative estimate of drug-likeness (QED) is 0.116. The minimum Gasteiger partial charge on any atom is -0.398 e. The molecule has 1 amide bonds. The summed E-state index contributed by atoms with van der Waals surface area (Å²) in [6.45, 7) is 4.62. The SMILES string of the molecule is C#C.CCC(=O)CCCCCCc1ncc(-c2ccc(N)c(C=NC)c2)[nH]1.CN1CCC2(CC1)CC2.CNC=O. The molecule has 0 bridgehead atoms. The number of ketones is 1. The highest BCUT2D eigenvalue weighted by atomic mass is 16.1. The molecule has 1 saturated heterocycles. The van der Waals surface area contributed by atoms with Crippen LogP contribution in [0.25, 0.3) is 11.3 Å². The van der Waals surface area contributed by atoms with Crippen LogP contribution in [0.1, 0.15) is 82.5 Å². The van der Waals surface area contributed by atoms with Crippen LogP contribution in [0.2, 0.25) is 0 Å². The zero-order chi connectivity index (χ0) is 29.8. The number of piperidine rings is 1. The van der Waals surface area contributed by atoms with Gasteiger partial charge in [0.05, 0.1) is 11.9 Å². The third kappa shape index (κ3) is 13.1. The first-order valence-corrected chi connectivity index (χ1v) is 14.4. The number of carbonyl (C=O) groups is 2. The first-order chi connectivity index (χ1) is 19.4. The van der Waals surface area contributed by atoms with Gasteiger partial charge in [-0.1, -0.05) is 25.8 Å². The molecule has 1 aromatic heterocycles. The summed E-state index contributed by atoms with van der Waals surface area (Å²) in [5.41, 5.74) is 10.5. The van der Waals surface area contributed by atoms with Gasteiger partial charge in [-0.3, -0.25) is 14.6 Å². The summed E-state index contributed by atoms with van der Waals surface area (Å²) in [7, 11) is 5.53. The van der Waals surface area contributed by atoms with Crippen molar-refractivity contribution in [2.45, 2.75) is 77.6 Å². The standard InChI is InChI=1S/C20H28N4O.C8H15N.C2H5NO.C2H2/c1-3-17(25)8-6-4-5-7-9-20-23-14-19(24-20)15-10-11-18(21)16(12-15)13-22-2;1-9-6-4-8(2-3-8)5-7-9;1-3-2-4;1-2/h10-14H,3-9,21H2,1-2H3,(H,23,24);2-7H2,1H3;2H,1H3,(H,3,4);1-2H. The van der Waals surface area contributed by atoms with E-state index in [4.69, 9.17) is 10.5 Å². The molecule has 8 nitrogen and oxygen atoms in total. The Morgan fingerprint density at radius 1 is 1.18 bits per heavy atom. The fraction of sp³-hybridized carbons (Fsp3) is 0.562. The smallest absolute Gasteiger partial charge is 0.206 e. The maximum absolute atomic E-state index is 11.3. The number of amides is 1. The van der Waals surface area contributed by atoms with Gasteiger partial charge in [0.25, 0.3) is 0 Å². The Bertz CT molecular complexity index is 1040. The summed E-state index contributed by atoms with van der Waals surface area (Å²) >= 11 is 0. The number of unbranched alkanes of at least 4 members (excludes halogenated alkanes) is 3. The topological polar surface area (TPSA) is 116 Å². The molecule has 1 spiro atoms. The second-order valence-corrected chi connectivity index (χ2v) is 10.5. The molecule has 2 heterocycles. The molecule has 4 rings (SSSR count). The van der Waals surface area contributed by atoms with Crippen molar-refractivity contribution in [1.82, 2.24) is 20.2 Å². The number of likely N-dealkylation sites (tertiary alicyclic amines) is 1. The third-order valence-corrected chi connectivity index (χ3v) is 7.43. The van der Waals surface area contributed by atoms with Crippen LogP contribution in [0.15, 0.2) is 29.4 Å². The number of nitrogen functional groups attached to an aromatic ring is 1. The number of carbonyl (C=O) groups excluding carboxylic acids is 2. The molecular weight excluding hydrogens is 500 g/mol. The number of nitrogens with two attached hydrogens (primary N) is 1. The lowest BCUT2D eigenvalue weighted by Gasteiger charge is -2.28. The Labute approximate surface area is 241 Å². The molecule has 2 fully saturated rings. The van der Waals surface area contributed by atoms with Gasteiger partial charge in [0.2, 0.25) is 6.41 Å². The normalized spacial score (nSPS) is 15.1. The minimum atomic E-state index is 0.367. The lowest BCUT2D eigenvalue weighted by Crippen LogP contribution is -2.30. The Morgan fingerprint density at radius 2 is 1.82 bits per heavy atom. The van der Waals surface area contributed by atoms with Gasteiger partial charge in [-0.15, -0.1) is 12.8 Å². The van der Waals surface area contributed by atoms with E-state index >= 15 is 0 Å². The van der Waals surface area contributed by atoms with Gasteiger partial charge in [0.1, 0.15) is 11.6 Å². The van der Waals surface area contributed by atoms with E-state index in [-0.39, 0.29) is 0 Å². The molecule has 4 N–H and O–H groups in total. The summed E-state index contributed by atoms with van der Waals surface area (Å²) in [6, 6.07) is 5.90. The highest BCUT2D eigenvalue weighted by Crippen LogP contribution is 2.53. The van der Waals surface area contributed by atoms with Gasteiger partial charge >= 0.3 is 0 Å². The summed E-state index contributed by atoms with van der Waals surface area (Å²) < 4.78 is 0. The van der Waals surface area contributed by atoms with E-state index in [1.165, 1.54) is 38.8 Å². The van der Waals surface area contributed by atoms with Crippen molar-refractivity contribution in [3.8, 4) is 24.1 Å². The van der Waals surface area contributed by atoms with Crippen molar-refractivity contribution >= 4 is 24.1 Å². The number of nitrogens with one attached hydrogen (secondary N) is 2. The van der Waals surface area contributed by atoms with Crippen molar-refractivity contribution in [2.24, 2.45) is 10.4 Å². The van der Waals surface area contributed by atoms with Gasteiger partial charge in [-0.2, -0.15) is 0 Å². The second kappa shape index (κ2) is 19.6. The van der Waals surface area contributed by atoms with E-state index < -0.39 is 0 Å². The number of Topliss-reactive ketones (excluding diaryl/α,β-unsaturated/α-hetero) is 1. The average molecular weight is 551 g/mol. The predicted octanol–water partition coefficient (Wildman–Crippen LogP) is 5.28. The molecule has 8 heteroatoms. The lowest BCUT2D eigenvalue weighted by molar-refractivity contribution is -0.118. The maximum Gasteiger partial charge on any atom is 0.206 e. The van der Waals surface area contributed by atoms with Gasteiger partial charge in [0, 0.05) is 56.4 Å². The molecule has 2 aromatic rings. The zero-order valence-corrected chi connectivity index (χ0v) is 25.0. The fourth-order valence-corrected chi connectivity index (χ4v) is 4.54. The average Bonchev–Trinajstić information content (AvgIpc) is 3.58. The molecule has 1 saturated carbocycles. The van der Waals surface area contributed by atoms with Crippen LogP contribution < -0.4 is 11.1 Å². The monoisotopic (exact) mass is 550 g/mol. The van der Waals surface area contributed by atoms with Gasteiger partial charge in [0.15, 0.2) is 0 Å². The van der Waals surface area contributed by atoms with Gasteiger partial charge < -0.3 is 20.9 Å². The Balaban J connectivity index is 0.000000433. The summed E-state index contributed by atoms with van der Waals surface area (Å²) in [5, 5.41) is 2.25. The van der Waals surface area contributed by atoms with Crippen LogP contribution in [-0.4, -0.2) is 67.5 Å². The van der Waals surface area contributed by atoms with Crippen molar-refractivity contribution in [2.75, 3.05) is 40.0 Å². The number of rotatable bonds is 11. The molecule has 0 unspecified atom stereocenters. The van der Waals surface area contributed by atoms with E-state index in [9.17, 15) is 4.79 Å². The number of H-pyrrole nitrogens is 1. The predicted molar refractivity (Wildman–Crippen MR) is 167 cm³/mol. The molecule has 0 radical (unpaired) electrons. The van der Waals surface area contributed by atoms with Crippen LogP contribution in [-0.2, 0) is 16.0 Å². The number of hydrogen-bond donors (Lipinski definition) is 3. The largest absolute Gasteiger partial charge is 0.398 e. The molecule has 220 valence electrons. The maximum atomic E-state index is 11.3. The molecule has 1 aliphatic carbocycles. The van der Waals surface area contributed by atoms with Crippen molar-refractivity contribution in [1.29, 1.82) is 0 Å². The van der Waals surface area contributed by atoms with E-state index in [1.807, 2.05) is 31.3 Å². The Kier molecular flexibility index (Phi) is 16.9. The molecule has 1 aliphatic heterocycles. The van der Waals surface area contributed by atoms with Crippen LogP contribution >= 0.6 is 0 Å². The Morgan fingerprint density at radius 3 is 2.40 bits per heavy atom. The number of hydrogen-bond acceptors (Lipinski definition) is 6. The number of aliphatic imine (C=N–C) groups is 1. The third-order valence-electron chi connectivity index (χ3n) is 7.43. The first-order valence-electron chi connectivity index (χ1n) is 14.4.